The maximum atomic E-state index is 10.3. The third kappa shape index (κ3) is 1.64. The molecule has 0 saturated heterocycles. The summed E-state index contributed by atoms with van der Waals surface area (Å²) in [5.41, 5.74) is 1.67. The highest BCUT2D eigenvalue weighted by atomic mass is 16.3. The van der Waals surface area contributed by atoms with Crippen LogP contribution in [0.4, 0.5) is 0 Å². The zero-order valence-corrected chi connectivity index (χ0v) is 10.5. The molecule has 0 heterocycles. The molecule has 2 fully saturated rings. The molecule has 0 aromatic heterocycles. The van der Waals surface area contributed by atoms with Gasteiger partial charge in [-0.1, -0.05) is 37.3 Å². The van der Waals surface area contributed by atoms with Gasteiger partial charge in [0.15, 0.2) is 0 Å². The largest absolute Gasteiger partial charge is 0.386 e. The summed E-state index contributed by atoms with van der Waals surface area (Å²) in [6, 6.07) is 0. The van der Waals surface area contributed by atoms with E-state index in [0.717, 1.165) is 6.42 Å². The van der Waals surface area contributed by atoms with Gasteiger partial charge in [-0.2, -0.15) is 0 Å². The minimum absolute atomic E-state index is 0.505. The second-order valence-electron chi connectivity index (χ2n) is 6.59. The Bertz CT molecular complexity index is 302. The Morgan fingerprint density at radius 2 is 1.81 bits per heavy atom. The Balaban J connectivity index is 1.93. The van der Waals surface area contributed by atoms with E-state index in [0.29, 0.717) is 11.3 Å². The van der Waals surface area contributed by atoms with Gasteiger partial charge in [0.1, 0.15) is 0 Å². The fourth-order valence-corrected chi connectivity index (χ4v) is 4.56. The standard InChI is InChI=1S/C15H24O/c1-14(16)10-12-6-5-9-15(13(12)11-14)7-3-2-4-8-15/h11-12,16H,2-10H2,1H3. The Hall–Kier alpha value is -0.300. The first-order valence-corrected chi connectivity index (χ1v) is 7.07. The van der Waals surface area contributed by atoms with Crippen LogP contribution < -0.4 is 0 Å². The average molecular weight is 220 g/mol. The zero-order chi connectivity index (χ0) is 11.2. The van der Waals surface area contributed by atoms with Crippen molar-refractivity contribution in [3.8, 4) is 0 Å². The molecule has 0 bridgehead atoms. The van der Waals surface area contributed by atoms with Gasteiger partial charge < -0.3 is 5.11 Å². The molecule has 3 aliphatic carbocycles. The molecule has 2 saturated carbocycles. The summed E-state index contributed by atoms with van der Waals surface area (Å²) in [7, 11) is 0. The molecule has 0 amide bonds. The molecule has 3 aliphatic rings. The molecular weight excluding hydrogens is 196 g/mol. The summed E-state index contributed by atoms with van der Waals surface area (Å²) in [5, 5.41) is 10.3. The normalized spacial score (nSPS) is 41.9. The fourth-order valence-electron chi connectivity index (χ4n) is 4.56. The number of hydrogen-bond donors (Lipinski definition) is 1. The molecule has 0 radical (unpaired) electrons. The minimum Gasteiger partial charge on any atom is -0.386 e. The van der Waals surface area contributed by atoms with Crippen LogP contribution in [0.15, 0.2) is 11.6 Å². The predicted octanol–water partition coefficient (Wildman–Crippen LogP) is 3.82. The number of allylic oxidation sites excluding steroid dienone is 1. The quantitative estimate of drug-likeness (QED) is 0.615. The molecule has 2 atom stereocenters. The second kappa shape index (κ2) is 3.60. The summed E-state index contributed by atoms with van der Waals surface area (Å²) < 4.78 is 0. The molecule has 0 aliphatic heterocycles. The van der Waals surface area contributed by atoms with Crippen LogP contribution in [0.25, 0.3) is 0 Å². The van der Waals surface area contributed by atoms with Crippen LogP contribution in [0.5, 0.6) is 0 Å². The van der Waals surface area contributed by atoms with Gasteiger partial charge in [0, 0.05) is 0 Å². The molecule has 1 spiro atoms. The van der Waals surface area contributed by atoms with Crippen LogP contribution in [-0.2, 0) is 0 Å². The maximum Gasteiger partial charge on any atom is 0.0808 e. The number of aliphatic hydroxyl groups is 1. The van der Waals surface area contributed by atoms with Crippen molar-refractivity contribution in [1.29, 1.82) is 0 Å². The van der Waals surface area contributed by atoms with Gasteiger partial charge in [-0.25, -0.2) is 0 Å². The SMILES string of the molecule is CC1(O)C=C2C(CCCC23CCCCC3)C1. The molecule has 0 aromatic carbocycles. The van der Waals surface area contributed by atoms with Gasteiger partial charge in [0.2, 0.25) is 0 Å². The predicted molar refractivity (Wildman–Crippen MR) is 66.2 cm³/mol. The summed E-state index contributed by atoms with van der Waals surface area (Å²) in [6.07, 6.45) is 14.4. The first-order chi connectivity index (χ1) is 7.61. The third-order valence-electron chi connectivity index (χ3n) is 5.20. The van der Waals surface area contributed by atoms with Crippen molar-refractivity contribution in [2.75, 3.05) is 0 Å². The van der Waals surface area contributed by atoms with Crippen LogP contribution in [0, 0.1) is 11.3 Å². The van der Waals surface area contributed by atoms with E-state index < -0.39 is 5.60 Å². The minimum atomic E-state index is -0.505. The molecule has 3 rings (SSSR count). The molecule has 2 unspecified atom stereocenters. The lowest BCUT2D eigenvalue weighted by Gasteiger charge is -2.45. The molecule has 16 heavy (non-hydrogen) atoms. The smallest absolute Gasteiger partial charge is 0.0808 e. The lowest BCUT2D eigenvalue weighted by molar-refractivity contribution is 0.0943. The van der Waals surface area contributed by atoms with E-state index >= 15 is 0 Å². The van der Waals surface area contributed by atoms with E-state index in [1.807, 2.05) is 6.92 Å². The highest BCUT2D eigenvalue weighted by Gasteiger charge is 2.46. The Morgan fingerprint density at radius 1 is 1.12 bits per heavy atom. The van der Waals surface area contributed by atoms with Gasteiger partial charge in [-0.3, -0.25) is 0 Å². The maximum absolute atomic E-state index is 10.3. The number of hydrogen-bond acceptors (Lipinski definition) is 1. The molecule has 1 heteroatoms. The van der Waals surface area contributed by atoms with E-state index in [1.54, 1.807) is 5.57 Å². The van der Waals surface area contributed by atoms with Gasteiger partial charge in [0.05, 0.1) is 5.60 Å². The Labute approximate surface area is 98.9 Å². The molecule has 0 aromatic rings. The topological polar surface area (TPSA) is 20.2 Å². The van der Waals surface area contributed by atoms with Crippen LogP contribution in [-0.4, -0.2) is 10.7 Å². The average Bonchev–Trinajstić information content (AvgIpc) is 2.56. The second-order valence-corrected chi connectivity index (χ2v) is 6.59. The highest BCUT2D eigenvalue weighted by molar-refractivity contribution is 5.30. The van der Waals surface area contributed by atoms with E-state index in [1.165, 1.54) is 51.4 Å². The van der Waals surface area contributed by atoms with Crippen molar-refractivity contribution in [2.45, 2.75) is 70.3 Å². The first kappa shape index (κ1) is 10.8. The summed E-state index contributed by atoms with van der Waals surface area (Å²) in [6.45, 7) is 1.99. The molecular formula is C15H24O. The molecule has 1 nitrogen and oxygen atoms in total. The van der Waals surface area contributed by atoms with Crippen LogP contribution in [0.3, 0.4) is 0 Å². The lowest BCUT2D eigenvalue weighted by Crippen LogP contribution is -2.32. The lowest BCUT2D eigenvalue weighted by atomic mass is 9.60. The van der Waals surface area contributed by atoms with E-state index in [2.05, 4.69) is 6.08 Å². The van der Waals surface area contributed by atoms with Crippen molar-refractivity contribution in [1.82, 2.24) is 0 Å². The van der Waals surface area contributed by atoms with Crippen molar-refractivity contribution in [2.24, 2.45) is 11.3 Å². The van der Waals surface area contributed by atoms with Crippen molar-refractivity contribution < 1.29 is 5.11 Å². The molecule has 1 N–H and O–H groups in total. The fraction of sp³-hybridized carbons (Fsp3) is 0.867. The van der Waals surface area contributed by atoms with Crippen LogP contribution in [0.2, 0.25) is 0 Å². The van der Waals surface area contributed by atoms with E-state index in [-0.39, 0.29) is 0 Å². The van der Waals surface area contributed by atoms with E-state index in [9.17, 15) is 5.11 Å². The monoisotopic (exact) mass is 220 g/mol. The first-order valence-electron chi connectivity index (χ1n) is 7.07. The molecule has 90 valence electrons. The number of rotatable bonds is 0. The third-order valence-corrected chi connectivity index (χ3v) is 5.20. The van der Waals surface area contributed by atoms with Crippen LogP contribution >= 0.6 is 0 Å². The zero-order valence-electron chi connectivity index (χ0n) is 10.5. The highest BCUT2D eigenvalue weighted by Crippen LogP contribution is 2.57. The van der Waals surface area contributed by atoms with Gasteiger partial charge in [-0.05, 0) is 50.4 Å². The van der Waals surface area contributed by atoms with Gasteiger partial charge >= 0.3 is 0 Å². The van der Waals surface area contributed by atoms with Crippen LogP contribution in [0.1, 0.15) is 64.7 Å². The van der Waals surface area contributed by atoms with Crippen molar-refractivity contribution in [3.05, 3.63) is 11.6 Å². The Kier molecular flexibility index (Phi) is 2.43. The Morgan fingerprint density at radius 3 is 2.56 bits per heavy atom. The summed E-state index contributed by atoms with van der Waals surface area (Å²) in [5.74, 6) is 0.710. The summed E-state index contributed by atoms with van der Waals surface area (Å²) in [4.78, 5) is 0. The van der Waals surface area contributed by atoms with Gasteiger partial charge in [-0.15, -0.1) is 0 Å². The van der Waals surface area contributed by atoms with Crippen molar-refractivity contribution in [3.63, 3.8) is 0 Å². The van der Waals surface area contributed by atoms with E-state index in [4.69, 9.17) is 0 Å². The van der Waals surface area contributed by atoms with Gasteiger partial charge in [0.25, 0.3) is 0 Å². The number of fused-ring (bicyclic) bond motifs is 2. The van der Waals surface area contributed by atoms with Crippen molar-refractivity contribution >= 4 is 0 Å². The summed E-state index contributed by atoms with van der Waals surface area (Å²) >= 11 is 0.